The van der Waals surface area contributed by atoms with Gasteiger partial charge in [0.2, 0.25) is 11.8 Å². The largest absolute Gasteiger partial charge is 0.326 e. The second-order valence-corrected chi connectivity index (χ2v) is 7.74. The van der Waals surface area contributed by atoms with Gasteiger partial charge in [-0.25, -0.2) is 8.78 Å². The van der Waals surface area contributed by atoms with Crippen LogP contribution in [0.3, 0.4) is 0 Å². The Balaban J connectivity index is 1.42. The lowest BCUT2D eigenvalue weighted by atomic mass is 9.58. The van der Waals surface area contributed by atoms with Crippen LogP contribution in [0.25, 0.3) is 0 Å². The summed E-state index contributed by atoms with van der Waals surface area (Å²) >= 11 is 0. The number of alkyl halides is 2. The number of nitriles is 1. The minimum absolute atomic E-state index is 0.245. The van der Waals surface area contributed by atoms with E-state index < -0.39 is 17.3 Å². The molecule has 0 aromatic heterocycles. The number of anilines is 1. The maximum absolute atomic E-state index is 13.0. The van der Waals surface area contributed by atoms with Crippen LogP contribution in [0.5, 0.6) is 0 Å². The summed E-state index contributed by atoms with van der Waals surface area (Å²) in [5.41, 5.74) is 2.28. The zero-order chi connectivity index (χ0) is 19.1. The van der Waals surface area contributed by atoms with Gasteiger partial charge in [0, 0.05) is 24.4 Å². The van der Waals surface area contributed by atoms with Crippen LogP contribution in [0.1, 0.15) is 42.7 Å². The first-order valence-electron chi connectivity index (χ1n) is 9.16. The number of carbonyl (C=O) groups is 1. The van der Waals surface area contributed by atoms with Crippen LogP contribution in [0.2, 0.25) is 0 Å². The second-order valence-electron chi connectivity index (χ2n) is 7.74. The van der Waals surface area contributed by atoms with Gasteiger partial charge in [-0.3, -0.25) is 4.79 Å². The number of nitrogens with zero attached hydrogens (tertiary/aromatic N) is 1. The molecule has 0 aliphatic heterocycles. The number of hydrogen-bond acceptors (Lipinski definition) is 2. The predicted octanol–water partition coefficient (Wildman–Crippen LogP) is 5.01. The van der Waals surface area contributed by atoms with Crippen LogP contribution in [0.15, 0.2) is 54.6 Å². The molecule has 1 amide bonds. The molecule has 2 fully saturated rings. The highest BCUT2D eigenvalue weighted by Gasteiger charge is 2.49. The van der Waals surface area contributed by atoms with Crippen molar-refractivity contribution >= 4 is 11.6 Å². The van der Waals surface area contributed by atoms with E-state index in [1.807, 2.05) is 48.5 Å². The van der Waals surface area contributed by atoms with Gasteiger partial charge in [0.25, 0.3) is 0 Å². The van der Waals surface area contributed by atoms with Gasteiger partial charge in [-0.05, 0) is 42.0 Å². The highest BCUT2D eigenvalue weighted by molar-refractivity contribution is 5.93. The SMILES string of the molecule is N#CC1(c2ccccc2)CC(c2cccc(NC(=O)C3CC(F)(F)C3)c2)C1. The molecule has 2 aliphatic rings. The Morgan fingerprint density at radius 1 is 1.04 bits per heavy atom. The van der Waals surface area contributed by atoms with Crippen LogP contribution < -0.4 is 5.32 Å². The van der Waals surface area contributed by atoms with Crippen LogP contribution >= 0.6 is 0 Å². The van der Waals surface area contributed by atoms with Crippen molar-refractivity contribution in [3.05, 3.63) is 65.7 Å². The van der Waals surface area contributed by atoms with E-state index in [-0.39, 0.29) is 24.7 Å². The Morgan fingerprint density at radius 2 is 1.74 bits per heavy atom. The average molecular weight is 366 g/mol. The summed E-state index contributed by atoms with van der Waals surface area (Å²) in [7, 11) is 0. The molecule has 0 bridgehead atoms. The van der Waals surface area contributed by atoms with Gasteiger partial charge in [0.1, 0.15) is 0 Å². The van der Waals surface area contributed by atoms with Gasteiger partial charge in [0.15, 0.2) is 0 Å². The van der Waals surface area contributed by atoms with Crippen molar-refractivity contribution in [3.63, 3.8) is 0 Å². The number of rotatable bonds is 4. The third-order valence-corrected chi connectivity index (χ3v) is 5.82. The summed E-state index contributed by atoms with van der Waals surface area (Å²) in [6.07, 6.45) is 0.728. The topological polar surface area (TPSA) is 52.9 Å². The molecule has 5 heteroatoms. The first kappa shape index (κ1) is 17.7. The Bertz CT molecular complexity index is 890. The van der Waals surface area contributed by atoms with E-state index in [1.165, 1.54) is 0 Å². The maximum atomic E-state index is 13.0. The summed E-state index contributed by atoms with van der Waals surface area (Å²) in [5.74, 6) is -3.41. The number of carbonyl (C=O) groups excluding carboxylic acids is 1. The monoisotopic (exact) mass is 366 g/mol. The van der Waals surface area contributed by atoms with Gasteiger partial charge in [-0.15, -0.1) is 0 Å². The van der Waals surface area contributed by atoms with Gasteiger partial charge in [-0.1, -0.05) is 42.5 Å². The highest BCUT2D eigenvalue weighted by atomic mass is 19.3. The lowest BCUT2D eigenvalue weighted by Gasteiger charge is -2.43. The van der Waals surface area contributed by atoms with E-state index in [4.69, 9.17) is 0 Å². The lowest BCUT2D eigenvalue weighted by Crippen LogP contribution is -2.42. The fourth-order valence-electron chi connectivity index (χ4n) is 4.13. The fourth-order valence-corrected chi connectivity index (χ4v) is 4.13. The molecule has 138 valence electrons. The number of benzene rings is 2. The summed E-state index contributed by atoms with van der Waals surface area (Å²) in [6.45, 7) is 0. The van der Waals surface area contributed by atoms with Crippen LogP contribution in [-0.2, 0) is 10.2 Å². The number of halogens is 2. The smallest absolute Gasteiger partial charge is 0.249 e. The third kappa shape index (κ3) is 3.32. The normalized spacial score (nSPS) is 26.3. The Kier molecular flexibility index (Phi) is 4.22. The van der Waals surface area contributed by atoms with Crippen molar-refractivity contribution in [2.75, 3.05) is 5.32 Å². The molecule has 0 spiro atoms. The molecular weight excluding hydrogens is 346 g/mol. The summed E-state index contributed by atoms with van der Waals surface area (Å²) in [4.78, 5) is 12.1. The lowest BCUT2D eigenvalue weighted by molar-refractivity contribution is -0.145. The molecule has 3 nitrogen and oxygen atoms in total. The van der Waals surface area contributed by atoms with Gasteiger partial charge in [-0.2, -0.15) is 5.26 Å². The zero-order valence-corrected chi connectivity index (χ0v) is 14.8. The average Bonchev–Trinajstić information content (AvgIpc) is 2.60. The third-order valence-electron chi connectivity index (χ3n) is 5.82. The minimum Gasteiger partial charge on any atom is -0.326 e. The van der Waals surface area contributed by atoms with Gasteiger partial charge in [0.05, 0.1) is 11.5 Å². The van der Waals surface area contributed by atoms with Crippen molar-refractivity contribution < 1.29 is 13.6 Å². The molecule has 0 saturated heterocycles. The molecule has 2 aromatic rings. The highest BCUT2D eigenvalue weighted by Crippen LogP contribution is 2.52. The van der Waals surface area contributed by atoms with Crippen LogP contribution in [0, 0.1) is 17.2 Å². The van der Waals surface area contributed by atoms with E-state index in [0.717, 1.165) is 24.0 Å². The number of amides is 1. The predicted molar refractivity (Wildman–Crippen MR) is 98.5 cm³/mol. The first-order chi connectivity index (χ1) is 12.9. The maximum Gasteiger partial charge on any atom is 0.249 e. The zero-order valence-electron chi connectivity index (χ0n) is 14.8. The van der Waals surface area contributed by atoms with E-state index in [0.29, 0.717) is 5.69 Å². The van der Waals surface area contributed by atoms with Crippen molar-refractivity contribution in [2.45, 2.75) is 42.9 Å². The van der Waals surface area contributed by atoms with E-state index in [2.05, 4.69) is 11.4 Å². The Hall–Kier alpha value is -2.74. The molecule has 0 atom stereocenters. The first-order valence-corrected chi connectivity index (χ1v) is 9.16. The molecular formula is C22H20F2N2O. The molecule has 27 heavy (non-hydrogen) atoms. The van der Waals surface area contributed by atoms with Crippen LogP contribution in [-0.4, -0.2) is 11.8 Å². The van der Waals surface area contributed by atoms with Crippen molar-refractivity contribution in [3.8, 4) is 6.07 Å². The summed E-state index contributed by atoms with van der Waals surface area (Å²) in [5, 5.41) is 12.5. The van der Waals surface area contributed by atoms with E-state index in [1.54, 1.807) is 6.07 Å². The molecule has 0 heterocycles. The molecule has 1 N–H and O–H groups in total. The standard InChI is InChI=1S/C22H20F2N2O/c23-22(24)12-17(13-22)20(27)26-19-8-4-5-15(9-19)16-10-21(11-16,14-25)18-6-2-1-3-7-18/h1-9,16-17H,10-13H2,(H,26,27). The summed E-state index contributed by atoms with van der Waals surface area (Å²) < 4.78 is 25.9. The summed E-state index contributed by atoms with van der Waals surface area (Å²) in [6, 6.07) is 19.8. The number of nitrogens with one attached hydrogen (secondary N) is 1. The van der Waals surface area contributed by atoms with Crippen molar-refractivity contribution in [1.29, 1.82) is 5.26 Å². The van der Waals surface area contributed by atoms with Gasteiger partial charge >= 0.3 is 0 Å². The van der Waals surface area contributed by atoms with Crippen molar-refractivity contribution in [1.82, 2.24) is 0 Å². The minimum atomic E-state index is -2.70. The molecule has 2 aliphatic carbocycles. The molecule has 2 aromatic carbocycles. The quantitative estimate of drug-likeness (QED) is 0.827. The van der Waals surface area contributed by atoms with E-state index >= 15 is 0 Å². The van der Waals surface area contributed by atoms with Gasteiger partial charge < -0.3 is 5.32 Å². The number of hydrogen-bond donors (Lipinski definition) is 1. The fraction of sp³-hybridized carbons (Fsp3) is 0.364. The van der Waals surface area contributed by atoms with E-state index in [9.17, 15) is 18.8 Å². The Morgan fingerprint density at radius 3 is 2.37 bits per heavy atom. The second kappa shape index (κ2) is 6.45. The van der Waals surface area contributed by atoms with Crippen LogP contribution in [0.4, 0.5) is 14.5 Å². The molecule has 2 saturated carbocycles. The van der Waals surface area contributed by atoms with Crippen molar-refractivity contribution in [2.24, 2.45) is 5.92 Å². The molecule has 0 radical (unpaired) electrons. The molecule has 0 unspecified atom stereocenters. The molecule has 4 rings (SSSR count). The Labute approximate surface area is 157 Å².